The minimum atomic E-state index is -2.91. The summed E-state index contributed by atoms with van der Waals surface area (Å²) in [7, 11) is 0. The lowest BCUT2D eigenvalue weighted by molar-refractivity contribution is -0.0515. The van der Waals surface area contributed by atoms with Gasteiger partial charge in [-0.1, -0.05) is 12.1 Å². The van der Waals surface area contributed by atoms with Crippen LogP contribution in [0.5, 0.6) is 11.5 Å². The number of hydrogen-bond acceptors (Lipinski definition) is 7. The molecule has 1 atom stereocenters. The number of benzene rings is 1. The number of hydrogen-bond donors (Lipinski definition) is 2. The van der Waals surface area contributed by atoms with Gasteiger partial charge in [-0.2, -0.15) is 13.8 Å². The third-order valence-corrected chi connectivity index (χ3v) is 2.52. The van der Waals surface area contributed by atoms with Crippen molar-refractivity contribution < 1.29 is 18.3 Å². The van der Waals surface area contributed by atoms with Crippen molar-refractivity contribution in [1.82, 2.24) is 15.0 Å². The monoisotopic (exact) mass is 311 g/mol. The Bertz CT molecular complexity index is 614. The lowest BCUT2D eigenvalue weighted by Gasteiger charge is -2.16. The molecule has 0 bridgehead atoms. The lowest BCUT2D eigenvalue weighted by Crippen LogP contribution is -2.25. The first kappa shape index (κ1) is 15.7. The first-order valence-electron chi connectivity index (χ1n) is 6.42. The molecule has 0 aliphatic heterocycles. The Kier molecular flexibility index (Phi) is 5.23. The summed E-state index contributed by atoms with van der Waals surface area (Å²) in [6, 6.07) is 6.01. The van der Waals surface area contributed by atoms with Gasteiger partial charge >= 0.3 is 6.61 Å². The minimum absolute atomic E-state index is 0.0193. The van der Waals surface area contributed by atoms with Crippen LogP contribution >= 0.6 is 0 Å². The number of nitrogens with two attached hydrogens (primary N) is 1. The first-order valence-corrected chi connectivity index (χ1v) is 6.42. The fourth-order valence-electron chi connectivity index (χ4n) is 1.62. The maximum absolute atomic E-state index is 12.3. The molecule has 0 fully saturated rings. The topological polar surface area (TPSA) is 95.2 Å². The normalized spacial score (nSPS) is 12.0. The predicted octanol–water partition coefficient (Wildman–Crippen LogP) is 1.93. The van der Waals surface area contributed by atoms with E-state index in [4.69, 9.17) is 10.5 Å². The van der Waals surface area contributed by atoms with E-state index >= 15 is 0 Å². The van der Waals surface area contributed by atoms with Gasteiger partial charge in [-0.05, 0) is 19.1 Å². The number of halogens is 2. The standard InChI is InChI=1S/C13H15F2N5O2/c1-8(19-13-18-7-17-12(16)20-13)6-21-9-4-2-3-5-10(9)22-11(14)15/h2-5,7-8,11H,6H2,1H3,(H3,16,17,18,19,20). The SMILES string of the molecule is CC(COc1ccccc1OC(F)F)Nc1ncnc(N)n1. The maximum Gasteiger partial charge on any atom is 0.387 e. The highest BCUT2D eigenvalue weighted by molar-refractivity contribution is 5.39. The molecule has 0 saturated heterocycles. The van der Waals surface area contributed by atoms with Gasteiger partial charge in [0, 0.05) is 0 Å². The zero-order valence-corrected chi connectivity index (χ0v) is 11.7. The number of nitrogens with zero attached hydrogens (tertiary/aromatic N) is 3. The van der Waals surface area contributed by atoms with Gasteiger partial charge in [0.25, 0.3) is 0 Å². The fourth-order valence-corrected chi connectivity index (χ4v) is 1.62. The number of aromatic nitrogens is 3. The molecule has 9 heteroatoms. The van der Waals surface area contributed by atoms with E-state index in [1.54, 1.807) is 18.2 Å². The number of rotatable bonds is 7. The van der Waals surface area contributed by atoms with Gasteiger partial charge < -0.3 is 20.5 Å². The zero-order valence-electron chi connectivity index (χ0n) is 11.7. The Morgan fingerprint density at radius 3 is 2.64 bits per heavy atom. The molecule has 0 saturated carbocycles. The molecule has 1 heterocycles. The van der Waals surface area contributed by atoms with Crippen LogP contribution in [0.3, 0.4) is 0 Å². The van der Waals surface area contributed by atoms with Crippen molar-refractivity contribution >= 4 is 11.9 Å². The molecule has 3 N–H and O–H groups in total. The van der Waals surface area contributed by atoms with Gasteiger partial charge in [0.15, 0.2) is 11.5 Å². The third kappa shape index (κ3) is 4.69. The molecule has 2 rings (SSSR count). The van der Waals surface area contributed by atoms with Crippen LogP contribution in [-0.2, 0) is 0 Å². The molecular weight excluding hydrogens is 296 g/mol. The summed E-state index contributed by atoms with van der Waals surface area (Å²) in [4.78, 5) is 11.5. The van der Waals surface area contributed by atoms with Crippen LogP contribution < -0.4 is 20.5 Å². The molecule has 1 unspecified atom stereocenters. The van der Waals surface area contributed by atoms with E-state index in [9.17, 15) is 8.78 Å². The van der Waals surface area contributed by atoms with E-state index in [1.165, 1.54) is 12.4 Å². The van der Waals surface area contributed by atoms with Gasteiger partial charge in [-0.25, -0.2) is 9.97 Å². The first-order chi connectivity index (χ1) is 10.5. The third-order valence-electron chi connectivity index (χ3n) is 2.52. The van der Waals surface area contributed by atoms with Gasteiger partial charge in [0.1, 0.15) is 12.9 Å². The van der Waals surface area contributed by atoms with Crippen molar-refractivity contribution in [2.24, 2.45) is 0 Å². The summed E-state index contributed by atoms with van der Waals surface area (Å²) in [5.41, 5.74) is 5.44. The van der Waals surface area contributed by atoms with E-state index in [0.29, 0.717) is 5.95 Å². The van der Waals surface area contributed by atoms with E-state index < -0.39 is 6.61 Å². The average Bonchev–Trinajstić information content (AvgIpc) is 2.46. The number of anilines is 2. The number of nitrogen functional groups attached to an aromatic ring is 1. The van der Waals surface area contributed by atoms with Crippen LogP contribution in [-0.4, -0.2) is 34.2 Å². The summed E-state index contributed by atoms with van der Waals surface area (Å²) < 4.78 is 34.5. The van der Waals surface area contributed by atoms with Crippen molar-refractivity contribution in [2.75, 3.05) is 17.7 Å². The molecule has 0 amide bonds. The zero-order chi connectivity index (χ0) is 15.9. The highest BCUT2D eigenvalue weighted by atomic mass is 19.3. The molecule has 0 aliphatic rings. The van der Waals surface area contributed by atoms with Crippen molar-refractivity contribution in [3.63, 3.8) is 0 Å². The Morgan fingerprint density at radius 2 is 1.95 bits per heavy atom. The summed E-state index contributed by atoms with van der Waals surface area (Å²) in [5.74, 6) is 0.614. The summed E-state index contributed by atoms with van der Waals surface area (Å²) in [5, 5.41) is 2.96. The molecule has 0 radical (unpaired) electrons. The van der Waals surface area contributed by atoms with E-state index in [-0.39, 0.29) is 30.1 Å². The average molecular weight is 311 g/mol. The maximum atomic E-state index is 12.3. The van der Waals surface area contributed by atoms with Gasteiger partial charge in [0.05, 0.1) is 6.04 Å². The van der Waals surface area contributed by atoms with Crippen molar-refractivity contribution in [3.8, 4) is 11.5 Å². The lowest BCUT2D eigenvalue weighted by atomic mass is 10.3. The van der Waals surface area contributed by atoms with Crippen LogP contribution in [0.1, 0.15) is 6.92 Å². The Balaban J connectivity index is 1.92. The van der Waals surface area contributed by atoms with Gasteiger partial charge in [-0.3, -0.25) is 0 Å². The summed E-state index contributed by atoms with van der Waals surface area (Å²) in [6.07, 6.45) is 1.28. The molecule has 1 aromatic carbocycles. The number of nitrogens with one attached hydrogen (secondary N) is 1. The minimum Gasteiger partial charge on any atom is -0.488 e. The Hall–Kier alpha value is -2.71. The van der Waals surface area contributed by atoms with E-state index in [1.807, 2.05) is 6.92 Å². The van der Waals surface area contributed by atoms with Crippen molar-refractivity contribution in [2.45, 2.75) is 19.6 Å². The Morgan fingerprint density at radius 1 is 1.23 bits per heavy atom. The molecule has 22 heavy (non-hydrogen) atoms. The Labute approximate surface area is 125 Å². The molecular formula is C13H15F2N5O2. The second-order valence-corrected chi connectivity index (χ2v) is 4.35. The molecule has 1 aromatic heterocycles. The number of ether oxygens (including phenoxy) is 2. The predicted molar refractivity (Wildman–Crippen MR) is 75.9 cm³/mol. The highest BCUT2D eigenvalue weighted by Gasteiger charge is 2.12. The molecule has 2 aromatic rings. The van der Waals surface area contributed by atoms with Crippen LogP contribution in [0, 0.1) is 0 Å². The van der Waals surface area contributed by atoms with Crippen LogP contribution in [0.25, 0.3) is 0 Å². The van der Waals surface area contributed by atoms with E-state index in [2.05, 4.69) is 25.0 Å². The fraction of sp³-hybridized carbons (Fsp3) is 0.308. The largest absolute Gasteiger partial charge is 0.488 e. The number of alkyl halides is 2. The van der Waals surface area contributed by atoms with Crippen LogP contribution in [0.15, 0.2) is 30.6 Å². The quantitative estimate of drug-likeness (QED) is 0.806. The second-order valence-electron chi connectivity index (χ2n) is 4.35. The molecule has 0 aliphatic carbocycles. The highest BCUT2D eigenvalue weighted by Crippen LogP contribution is 2.28. The van der Waals surface area contributed by atoms with Gasteiger partial charge in [0.2, 0.25) is 11.9 Å². The van der Waals surface area contributed by atoms with Crippen molar-refractivity contribution in [1.29, 1.82) is 0 Å². The summed E-state index contributed by atoms with van der Waals surface area (Å²) in [6.45, 7) is -0.903. The van der Waals surface area contributed by atoms with E-state index in [0.717, 1.165) is 0 Å². The molecule has 118 valence electrons. The van der Waals surface area contributed by atoms with Crippen LogP contribution in [0.2, 0.25) is 0 Å². The summed E-state index contributed by atoms with van der Waals surface area (Å²) >= 11 is 0. The second kappa shape index (κ2) is 7.34. The van der Waals surface area contributed by atoms with Gasteiger partial charge in [-0.15, -0.1) is 0 Å². The smallest absolute Gasteiger partial charge is 0.387 e. The molecule has 7 nitrogen and oxygen atoms in total. The molecule has 0 spiro atoms. The van der Waals surface area contributed by atoms with Crippen molar-refractivity contribution in [3.05, 3.63) is 30.6 Å². The van der Waals surface area contributed by atoms with Crippen LogP contribution in [0.4, 0.5) is 20.7 Å². The number of para-hydroxylation sites is 2.